The van der Waals surface area contributed by atoms with E-state index in [2.05, 4.69) is 84.7 Å². The van der Waals surface area contributed by atoms with Gasteiger partial charge in [-0.25, -0.2) is 0 Å². The number of fused-ring (bicyclic) bond motifs is 3. The molecule has 0 unspecified atom stereocenters. The molecule has 0 aromatic heterocycles. The standard InChI is InChI=1S/C26H26N2O/c1-18-11-12-19-7-6-10-23-25(24(19)17-18)27-28(21-8-4-3-5-9-21)26(23)20-13-15-22(29-2)16-14-20/h3-5,8-9,11-17,23,26H,6-7,10H2,1-2H3/t23-,26+/m1/s1. The number of benzene rings is 3. The highest BCUT2D eigenvalue weighted by atomic mass is 16.5. The van der Waals surface area contributed by atoms with Crippen molar-refractivity contribution in [2.45, 2.75) is 32.2 Å². The minimum Gasteiger partial charge on any atom is -0.497 e. The Morgan fingerprint density at radius 3 is 2.52 bits per heavy atom. The molecule has 1 heterocycles. The van der Waals surface area contributed by atoms with Crippen molar-refractivity contribution in [2.75, 3.05) is 12.1 Å². The predicted molar refractivity (Wildman–Crippen MR) is 119 cm³/mol. The van der Waals surface area contributed by atoms with Crippen molar-refractivity contribution in [3.63, 3.8) is 0 Å². The van der Waals surface area contributed by atoms with Gasteiger partial charge in [0, 0.05) is 11.5 Å². The lowest BCUT2D eigenvalue weighted by Gasteiger charge is -2.28. The van der Waals surface area contributed by atoms with Crippen molar-refractivity contribution in [3.05, 3.63) is 95.1 Å². The summed E-state index contributed by atoms with van der Waals surface area (Å²) in [5, 5.41) is 7.48. The van der Waals surface area contributed by atoms with Crippen LogP contribution in [0.25, 0.3) is 0 Å². The predicted octanol–water partition coefficient (Wildman–Crippen LogP) is 5.92. The summed E-state index contributed by atoms with van der Waals surface area (Å²) in [6, 6.07) is 26.1. The van der Waals surface area contributed by atoms with Gasteiger partial charge in [-0.1, -0.05) is 48.0 Å². The van der Waals surface area contributed by atoms with E-state index < -0.39 is 0 Å². The Balaban J connectivity index is 1.65. The molecular formula is C26H26N2O. The fraction of sp³-hybridized carbons (Fsp3) is 0.269. The first-order valence-electron chi connectivity index (χ1n) is 10.4. The summed E-state index contributed by atoms with van der Waals surface area (Å²) in [7, 11) is 1.71. The van der Waals surface area contributed by atoms with Crippen molar-refractivity contribution in [1.29, 1.82) is 0 Å². The van der Waals surface area contributed by atoms with Crippen LogP contribution in [0, 0.1) is 12.8 Å². The number of nitrogens with zero attached hydrogens (tertiary/aromatic N) is 2. The molecule has 5 rings (SSSR count). The van der Waals surface area contributed by atoms with Crippen LogP contribution in [0.2, 0.25) is 0 Å². The first-order valence-corrected chi connectivity index (χ1v) is 10.4. The molecule has 2 atom stereocenters. The average Bonchev–Trinajstić information content (AvgIpc) is 3.05. The molecule has 3 nitrogen and oxygen atoms in total. The Bertz CT molecular complexity index is 1040. The largest absolute Gasteiger partial charge is 0.497 e. The first kappa shape index (κ1) is 18.0. The number of hydrogen-bond acceptors (Lipinski definition) is 3. The molecule has 0 radical (unpaired) electrons. The molecule has 3 heteroatoms. The Morgan fingerprint density at radius 1 is 0.966 bits per heavy atom. The van der Waals surface area contributed by atoms with Crippen molar-refractivity contribution in [1.82, 2.24) is 0 Å². The minimum atomic E-state index is 0.199. The number of para-hydroxylation sites is 1. The molecule has 2 aliphatic rings. The highest BCUT2D eigenvalue weighted by Gasteiger charge is 2.41. The summed E-state index contributed by atoms with van der Waals surface area (Å²) in [6.07, 6.45) is 3.47. The van der Waals surface area contributed by atoms with E-state index in [4.69, 9.17) is 9.84 Å². The van der Waals surface area contributed by atoms with E-state index in [1.165, 1.54) is 34.4 Å². The van der Waals surface area contributed by atoms with Crippen LogP contribution in [0.5, 0.6) is 5.75 Å². The van der Waals surface area contributed by atoms with Gasteiger partial charge in [-0.3, -0.25) is 5.01 Å². The average molecular weight is 383 g/mol. The van der Waals surface area contributed by atoms with Gasteiger partial charge in [0.25, 0.3) is 0 Å². The third kappa shape index (κ3) is 3.21. The van der Waals surface area contributed by atoms with Gasteiger partial charge in [0.1, 0.15) is 5.75 Å². The fourth-order valence-corrected chi connectivity index (χ4v) is 4.75. The highest BCUT2D eigenvalue weighted by molar-refractivity contribution is 6.06. The first-order chi connectivity index (χ1) is 14.2. The molecular weight excluding hydrogens is 356 g/mol. The summed E-state index contributed by atoms with van der Waals surface area (Å²) >= 11 is 0. The van der Waals surface area contributed by atoms with E-state index in [1.807, 2.05) is 0 Å². The van der Waals surface area contributed by atoms with Gasteiger partial charge in [0.05, 0.1) is 24.6 Å². The van der Waals surface area contributed by atoms with Gasteiger partial charge in [-0.2, -0.15) is 5.10 Å². The normalized spacial score (nSPS) is 20.5. The van der Waals surface area contributed by atoms with Crippen LogP contribution in [-0.2, 0) is 6.42 Å². The molecule has 29 heavy (non-hydrogen) atoms. The van der Waals surface area contributed by atoms with Crippen LogP contribution >= 0.6 is 0 Å². The molecule has 0 fully saturated rings. The molecule has 0 saturated heterocycles. The van der Waals surface area contributed by atoms with Gasteiger partial charge in [0.15, 0.2) is 0 Å². The Morgan fingerprint density at radius 2 is 1.76 bits per heavy atom. The maximum atomic E-state index is 5.39. The summed E-state index contributed by atoms with van der Waals surface area (Å²) in [6.45, 7) is 2.17. The van der Waals surface area contributed by atoms with Gasteiger partial charge in [0.2, 0.25) is 0 Å². The molecule has 1 aliphatic carbocycles. The zero-order chi connectivity index (χ0) is 19.8. The monoisotopic (exact) mass is 382 g/mol. The number of anilines is 1. The maximum Gasteiger partial charge on any atom is 0.118 e. The van der Waals surface area contributed by atoms with E-state index >= 15 is 0 Å². The van der Waals surface area contributed by atoms with Gasteiger partial charge in [-0.05, 0) is 67.6 Å². The highest BCUT2D eigenvalue weighted by Crippen LogP contribution is 2.45. The Kier molecular flexibility index (Phi) is 4.59. The summed E-state index contributed by atoms with van der Waals surface area (Å²) < 4.78 is 5.39. The summed E-state index contributed by atoms with van der Waals surface area (Å²) in [4.78, 5) is 0. The van der Waals surface area contributed by atoms with E-state index in [1.54, 1.807) is 7.11 Å². The number of ether oxygens (including phenoxy) is 1. The van der Waals surface area contributed by atoms with Crippen molar-refractivity contribution in [3.8, 4) is 5.75 Å². The van der Waals surface area contributed by atoms with E-state index in [-0.39, 0.29) is 6.04 Å². The number of hydrogen-bond donors (Lipinski definition) is 0. The summed E-state index contributed by atoms with van der Waals surface area (Å²) in [5.74, 6) is 1.27. The molecule has 0 bridgehead atoms. The molecule has 146 valence electrons. The summed E-state index contributed by atoms with van der Waals surface area (Å²) in [5.41, 5.74) is 7.74. The van der Waals surface area contributed by atoms with Crippen LogP contribution in [0.4, 0.5) is 5.69 Å². The van der Waals surface area contributed by atoms with Crippen molar-refractivity contribution < 1.29 is 4.74 Å². The number of hydrazone groups is 1. The van der Waals surface area contributed by atoms with Crippen molar-refractivity contribution >= 4 is 11.4 Å². The lowest BCUT2D eigenvalue weighted by Crippen LogP contribution is -2.25. The molecule has 0 N–H and O–H groups in total. The molecule has 0 spiro atoms. The zero-order valence-electron chi connectivity index (χ0n) is 17.0. The molecule has 3 aromatic carbocycles. The smallest absolute Gasteiger partial charge is 0.118 e. The lowest BCUT2D eigenvalue weighted by molar-refractivity contribution is 0.414. The molecule has 1 aliphatic heterocycles. The number of rotatable bonds is 3. The molecule has 0 saturated carbocycles. The minimum absolute atomic E-state index is 0.199. The van der Waals surface area contributed by atoms with Crippen LogP contribution in [0.15, 0.2) is 77.9 Å². The van der Waals surface area contributed by atoms with Crippen molar-refractivity contribution in [2.24, 2.45) is 11.0 Å². The van der Waals surface area contributed by atoms with Crippen LogP contribution in [-0.4, -0.2) is 12.8 Å². The van der Waals surface area contributed by atoms with Crippen LogP contribution in [0.1, 0.15) is 41.1 Å². The maximum absolute atomic E-state index is 5.39. The fourth-order valence-electron chi connectivity index (χ4n) is 4.75. The second kappa shape index (κ2) is 7.40. The van der Waals surface area contributed by atoms with E-state index in [0.29, 0.717) is 5.92 Å². The zero-order valence-corrected chi connectivity index (χ0v) is 17.0. The third-order valence-corrected chi connectivity index (χ3v) is 6.19. The SMILES string of the molecule is COc1ccc([C@H]2[C@@H]3CCCc4ccc(C)cc4C3=NN2c2ccccc2)cc1. The van der Waals surface area contributed by atoms with Gasteiger partial charge in [-0.15, -0.1) is 0 Å². The van der Waals surface area contributed by atoms with E-state index in [9.17, 15) is 0 Å². The molecule has 3 aromatic rings. The van der Waals surface area contributed by atoms with Crippen LogP contribution < -0.4 is 9.75 Å². The second-order valence-electron chi connectivity index (χ2n) is 8.04. The van der Waals surface area contributed by atoms with Gasteiger partial charge < -0.3 is 4.74 Å². The second-order valence-corrected chi connectivity index (χ2v) is 8.04. The van der Waals surface area contributed by atoms with Crippen LogP contribution in [0.3, 0.4) is 0 Å². The molecule has 0 amide bonds. The quantitative estimate of drug-likeness (QED) is 0.561. The third-order valence-electron chi connectivity index (χ3n) is 6.19. The Labute approximate surface area is 172 Å². The topological polar surface area (TPSA) is 24.8 Å². The number of aryl methyl sites for hydroxylation is 2. The van der Waals surface area contributed by atoms with Gasteiger partial charge >= 0.3 is 0 Å². The Hall–Kier alpha value is -3.07. The van der Waals surface area contributed by atoms with E-state index in [0.717, 1.165) is 24.3 Å². The number of methoxy groups -OCH3 is 1. The lowest BCUT2D eigenvalue weighted by atomic mass is 9.85.